The van der Waals surface area contributed by atoms with Gasteiger partial charge in [0.05, 0.1) is 12.0 Å². The Morgan fingerprint density at radius 3 is 2.65 bits per heavy atom. The van der Waals surface area contributed by atoms with Gasteiger partial charge in [0, 0.05) is 50.4 Å². The molecule has 1 aliphatic heterocycles. The zero-order chi connectivity index (χ0) is 14.5. The maximum absolute atomic E-state index is 10.8. The normalized spacial score (nSPS) is 17.1. The van der Waals surface area contributed by atoms with Crippen LogP contribution in [0.5, 0.6) is 5.75 Å². The van der Waals surface area contributed by atoms with Crippen LogP contribution in [0.25, 0.3) is 0 Å². The number of hydrogen-bond acceptors (Lipinski definition) is 6. The zero-order valence-electron chi connectivity index (χ0n) is 11.8. The average molecular weight is 280 g/mol. The van der Waals surface area contributed by atoms with Crippen molar-refractivity contribution < 1.29 is 9.66 Å². The molecular weight excluding hydrogens is 260 g/mol. The van der Waals surface area contributed by atoms with Crippen LogP contribution in [0.4, 0.5) is 5.69 Å². The molecule has 0 aliphatic carbocycles. The summed E-state index contributed by atoms with van der Waals surface area (Å²) in [4.78, 5) is 12.7. The second-order valence-corrected chi connectivity index (χ2v) is 4.88. The fourth-order valence-corrected chi connectivity index (χ4v) is 2.18. The van der Waals surface area contributed by atoms with Gasteiger partial charge in [-0.3, -0.25) is 15.5 Å². The largest absolute Gasteiger partial charge is 0.496 e. The molecule has 1 aromatic rings. The molecule has 0 aromatic heterocycles. The molecule has 1 aromatic carbocycles. The summed E-state index contributed by atoms with van der Waals surface area (Å²) >= 11 is 0. The van der Waals surface area contributed by atoms with Gasteiger partial charge >= 0.3 is 0 Å². The molecule has 0 spiro atoms. The molecule has 0 unspecified atom stereocenters. The Balaban J connectivity index is 2.00. The fourth-order valence-electron chi connectivity index (χ4n) is 2.18. The number of nitrogens with one attached hydrogen (secondary N) is 1. The predicted molar refractivity (Wildman–Crippen MR) is 75.6 cm³/mol. The number of nitro groups is 1. The minimum absolute atomic E-state index is 0.0842. The first-order chi connectivity index (χ1) is 9.60. The Morgan fingerprint density at radius 1 is 1.35 bits per heavy atom. The minimum atomic E-state index is -0.390. The van der Waals surface area contributed by atoms with Crippen LogP contribution in [0.3, 0.4) is 0 Å². The van der Waals surface area contributed by atoms with Crippen LogP contribution in [-0.2, 0) is 6.54 Å². The lowest BCUT2D eigenvalue weighted by molar-refractivity contribution is -0.384. The number of hydrazine groups is 1. The van der Waals surface area contributed by atoms with E-state index < -0.39 is 4.92 Å². The number of likely N-dealkylation sites (N-methyl/N-ethyl adjacent to an activating group) is 1. The van der Waals surface area contributed by atoms with Crippen LogP contribution in [0.1, 0.15) is 5.56 Å². The first-order valence-corrected chi connectivity index (χ1v) is 6.58. The van der Waals surface area contributed by atoms with Crippen molar-refractivity contribution in [3.63, 3.8) is 0 Å². The van der Waals surface area contributed by atoms with Gasteiger partial charge in [-0.15, -0.1) is 0 Å². The van der Waals surface area contributed by atoms with Crippen LogP contribution in [0.15, 0.2) is 18.2 Å². The van der Waals surface area contributed by atoms with E-state index in [0.717, 1.165) is 31.7 Å². The van der Waals surface area contributed by atoms with E-state index in [2.05, 4.69) is 22.4 Å². The van der Waals surface area contributed by atoms with Gasteiger partial charge in [0.2, 0.25) is 0 Å². The fraction of sp³-hybridized carbons (Fsp3) is 0.538. The number of benzene rings is 1. The van der Waals surface area contributed by atoms with Crippen molar-refractivity contribution >= 4 is 5.69 Å². The van der Waals surface area contributed by atoms with Crippen molar-refractivity contribution in [1.29, 1.82) is 0 Å². The zero-order valence-corrected chi connectivity index (χ0v) is 11.8. The van der Waals surface area contributed by atoms with Crippen molar-refractivity contribution in [1.82, 2.24) is 15.3 Å². The van der Waals surface area contributed by atoms with Crippen LogP contribution < -0.4 is 10.2 Å². The van der Waals surface area contributed by atoms with Crippen molar-refractivity contribution in [2.75, 3.05) is 40.3 Å². The topological polar surface area (TPSA) is 70.9 Å². The van der Waals surface area contributed by atoms with E-state index in [-0.39, 0.29) is 5.69 Å². The number of hydrogen-bond donors (Lipinski definition) is 1. The molecule has 0 atom stereocenters. The number of piperazine rings is 1. The van der Waals surface area contributed by atoms with Crippen molar-refractivity contribution in [3.8, 4) is 5.75 Å². The van der Waals surface area contributed by atoms with Crippen molar-refractivity contribution in [2.24, 2.45) is 0 Å². The summed E-state index contributed by atoms with van der Waals surface area (Å²) in [6.07, 6.45) is 0. The maximum Gasteiger partial charge on any atom is 0.270 e. The van der Waals surface area contributed by atoms with E-state index >= 15 is 0 Å². The molecule has 0 radical (unpaired) electrons. The average Bonchev–Trinajstić information content (AvgIpc) is 2.46. The van der Waals surface area contributed by atoms with Crippen molar-refractivity contribution in [2.45, 2.75) is 6.54 Å². The van der Waals surface area contributed by atoms with Gasteiger partial charge in [-0.1, -0.05) is 0 Å². The number of nitro benzene ring substituents is 1. The highest BCUT2D eigenvalue weighted by Gasteiger charge is 2.15. The summed E-state index contributed by atoms with van der Waals surface area (Å²) in [5, 5.41) is 13.0. The van der Waals surface area contributed by atoms with Gasteiger partial charge < -0.3 is 9.64 Å². The Bertz CT molecular complexity index is 473. The van der Waals surface area contributed by atoms with E-state index in [0.29, 0.717) is 12.3 Å². The maximum atomic E-state index is 10.8. The number of non-ortho nitro benzene ring substituents is 1. The first kappa shape index (κ1) is 14.7. The standard InChI is InChI=1S/C13H20N4O3/c1-15-5-7-16(8-6-15)14-10-11-9-12(17(18)19)3-4-13(11)20-2/h3-4,9,14H,5-8,10H2,1-2H3. The molecular formula is C13H20N4O3. The molecule has 0 amide bonds. The van der Waals surface area contributed by atoms with E-state index in [1.165, 1.54) is 6.07 Å². The lowest BCUT2D eigenvalue weighted by Crippen LogP contribution is -2.50. The van der Waals surface area contributed by atoms with E-state index in [9.17, 15) is 10.1 Å². The van der Waals surface area contributed by atoms with Gasteiger partial charge in [0.1, 0.15) is 5.75 Å². The molecule has 1 fully saturated rings. The number of methoxy groups -OCH3 is 1. The lowest BCUT2D eigenvalue weighted by atomic mass is 10.2. The summed E-state index contributed by atoms with van der Waals surface area (Å²) < 4.78 is 5.25. The summed E-state index contributed by atoms with van der Waals surface area (Å²) in [5.41, 5.74) is 4.18. The third kappa shape index (κ3) is 3.66. The Hall–Kier alpha value is -1.70. The minimum Gasteiger partial charge on any atom is -0.496 e. The molecule has 110 valence electrons. The molecule has 7 heteroatoms. The summed E-state index contributed by atoms with van der Waals surface area (Å²) in [6, 6.07) is 4.65. The molecule has 0 bridgehead atoms. The summed E-state index contributed by atoms with van der Waals surface area (Å²) in [7, 11) is 3.67. The van der Waals surface area contributed by atoms with Gasteiger partial charge in [-0.05, 0) is 13.1 Å². The molecule has 0 saturated carbocycles. The summed E-state index contributed by atoms with van der Waals surface area (Å²) in [6.45, 7) is 4.42. The van der Waals surface area contributed by atoms with Gasteiger partial charge in [0.15, 0.2) is 0 Å². The Morgan fingerprint density at radius 2 is 2.05 bits per heavy atom. The molecule has 1 aliphatic rings. The molecule has 1 saturated heterocycles. The van der Waals surface area contributed by atoms with E-state index in [1.807, 2.05) is 0 Å². The van der Waals surface area contributed by atoms with Crippen molar-refractivity contribution in [3.05, 3.63) is 33.9 Å². The molecule has 2 rings (SSSR count). The predicted octanol–water partition coefficient (Wildman–Crippen LogP) is 0.855. The van der Waals surface area contributed by atoms with Crippen LogP contribution in [-0.4, -0.2) is 55.2 Å². The second-order valence-electron chi connectivity index (χ2n) is 4.88. The van der Waals surface area contributed by atoms with Gasteiger partial charge in [-0.25, -0.2) is 5.01 Å². The van der Waals surface area contributed by atoms with Crippen LogP contribution in [0.2, 0.25) is 0 Å². The first-order valence-electron chi connectivity index (χ1n) is 6.58. The Labute approximate surface area is 118 Å². The molecule has 7 nitrogen and oxygen atoms in total. The van der Waals surface area contributed by atoms with Gasteiger partial charge in [-0.2, -0.15) is 0 Å². The van der Waals surface area contributed by atoms with E-state index in [1.54, 1.807) is 19.2 Å². The molecule has 1 N–H and O–H groups in total. The van der Waals surface area contributed by atoms with E-state index in [4.69, 9.17) is 4.74 Å². The Kier molecular flexibility index (Phi) is 4.89. The second kappa shape index (κ2) is 6.65. The quantitative estimate of drug-likeness (QED) is 0.637. The monoisotopic (exact) mass is 280 g/mol. The highest BCUT2D eigenvalue weighted by molar-refractivity contribution is 5.43. The third-order valence-corrected chi connectivity index (χ3v) is 3.47. The van der Waals surface area contributed by atoms with Gasteiger partial charge in [0.25, 0.3) is 5.69 Å². The number of rotatable bonds is 5. The summed E-state index contributed by atoms with van der Waals surface area (Å²) in [5.74, 6) is 0.664. The lowest BCUT2D eigenvalue weighted by Gasteiger charge is -2.32. The van der Waals surface area contributed by atoms with Crippen LogP contribution in [0, 0.1) is 10.1 Å². The number of ether oxygens (including phenoxy) is 1. The number of nitrogens with zero attached hydrogens (tertiary/aromatic N) is 3. The smallest absolute Gasteiger partial charge is 0.270 e. The van der Waals surface area contributed by atoms with Crippen LogP contribution >= 0.6 is 0 Å². The highest BCUT2D eigenvalue weighted by Crippen LogP contribution is 2.23. The highest BCUT2D eigenvalue weighted by atomic mass is 16.6. The molecule has 20 heavy (non-hydrogen) atoms. The third-order valence-electron chi connectivity index (χ3n) is 3.47. The SMILES string of the molecule is COc1ccc([N+](=O)[O-])cc1CNN1CCN(C)CC1. The molecule has 1 heterocycles.